The van der Waals surface area contributed by atoms with Crippen LogP contribution in [-0.4, -0.2) is 0 Å². The summed E-state index contributed by atoms with van der Waals surface area (Å²) in [6.07, 6.45) is 0. The minimum atomic E-state index is 0.130. The summed E-state index contributed by atoms with van der Waals surface area (Å²) in [5, 5.41) is 0. The van der Waals surface area contributed by atoms with Gasteiger partial charge in [0.2, 0.25) is 0 Å². The Bertz CT molecular complexity index is 479. The van der Waals surface area contributed by atoms with Crippen LogP contribution in [-0.2, 0) is 3.42 Å². The van der Waals surface area contributed by atoms with Crippen LogP contribution in [0.3, 0.4) is 0 Å². The fraction of sp³-hybridized carbons (Fsp3) is 0.143. The number of hydrogen-bond acceptors (Lipinski definition) is 0. The average molecular weight is 306 g/mol. The zero-order valence-electron chi connectivity index (χ0n) is 8.50. The maximum atomic E-state index is 2.55. The molecule has 0 N–H and O–H groups in total. The summed E-state index contributed by atoms with van der Waals surface area (Å²) in [4.78, 5) is 0. The molecular weight excluding hydrogens is 295 g/mol. The molecule has 0 heterocycles. The van der Waals surface area contributed by atoms with E-state index in [-0.39, 0.29) is 3.42 Å². The largest absolute Gasteiger partial charge is 0.0702 e. The molecular formula is C14H11I. The third-order valence-electron chi connectivity index (χ3n) is 3.16. The fourth-order valence-electron chi connectivity index (χ4n) is 2.40. The van der Waals surface area contributed by atoms with Crippen molar-refractivity contribution in [1.82, 2.24) is 0 Å². The summed E-state index contributed by atoms with van der Waals surface area (Å²) < 4.78 is 0.130. The molecule has 0 spiro atoms. The van der Waals surface area contributed by atoms with E-state index in [4.69, 9.17) is 0 Å². The molecule has 0 fully saturated rings. The molecule has 2 aromatic rings. The van der Waals surface area contributed by atoms with Gasteiger partial charge in [0.15, 0.2) is 0 Å². The lowest BCUT2D eigenvalue weighted by atomic mass is 9.99. The van der Waals surface area contributed by atoms with Crippen LogP contribution < -0.4 is 0 Å². The van der Waals surface area contributed by atoms with Crippen LogP contribution >= 0.6 is 22.6 Å². The zero-order chi connectivity index (χ0) is 10.5. The predicted molar refractivity (Wildman–Crippen MR) is 72.4 cm³/mol. The van der Waals surface area contributed by atoms with Gasteiger partial charge in [0, 0.05) is 0 Å². The third-order valence-corrected chi connectivity index (χ3v) is 4.32. The van der Waals surface area contributed by atoms with Gasteiger partial charge in [-0.05, 0) is 29.2 Å². The first-order chi connectivity index (χ1) is 7.21. The first-order valence-corrected chi connectivity index (χ1v) is 6.17. The van der Waals surface area contributed by atoms with Crippen molar-refractivity contribution >= 4 is 22.6 Å². The van der Waals surface area contributed by atoms with Gasteiger partial charge in [0.05, 0.1) is 3.42 Å². The topological polar surface area (TPSA) is 0 Å². The summed E-state index contributed by atoms with van der Waals surface area (Å²) >= 11 is 2.55. The Labute approximate surface area is 103 Å². The van der Waals surface area contributed by atoms with E-state index in [1.807, 2.05) is 0 Å². The second kappa shape index (κ2) is 3.08. The molecule has 0 aromatic heterocycles. The van der Waals surface area contributed by atoms with E-state index >= 15 is 0 Å². The number of halogens is 1. The first-order valence-electron chi connectivity index (χ1n) is 5.09. The Morgan fingerprint density at radius 3 is 1.67 bits per heavy atom. The Morgan fingerprint density at radius 2 is 1.20 bits per heavy atom. The molecule has 0 unspecified atom stereocenters. The molecule has 0 nitrogen and oxygen atoms in total. The number of benzene rings is 2. The molecule has 0 amide bonds. The molecule has 0 aliphatic heterocycles. The Balaban J connectivity index is 2.42. The standard InChI is InChI=1S/C14H11I/c1-14(15)12-8-4-2-6-10(12)11-7-3-5-9-13(11)14/h2-9H,1H3. The SMILES string of the molecule is CC1(I)c2ccccc2-c2ccccc21. The smallest absolute Gasteiger partial charge is 0.0686 e. The summed E-state index contributed by atoms with van der Waals surface area (Å²) in [6, 6.07) is 17.4. The van der Waals surface area contributed by atoms with E-state index in [9.17, 15) is 0 Å². The van der Waals surface area contributed by atoms with Gasteiger partial charge in [-0.15, -0.1) is 0 Å². The van der Waals surface area contributed by atoms with Gasteiger partial charge in [0.25, 0.3) is 0 Å². The second-order valence-corrected chi connectivity index (χ2v) is 6.25. The highest BCUT2D eigenvalue weighted by Crippen LogP contribution is 2.52. The van der Waals surface area contributed by atoms with Crippen molar-refractivity contribution in [2.45, 2.75) is 10.3 Å². The van der Waals surface area contributed by atoms with Crippen LogP contribution in [0.2, 0.25) is 0 Å². The van der Waals surface area contributed by atoms with E-state index in [0.717, 1.165) is 0 Å². The summed E-state index contributed by atoms with van der Waals surface area (Å²) in [5.41, 5.74) is 5.66. The molecule has 1 aliphatic carbocycles. The average Bonchev–Trinajstić information content (AvgIpc) is 2.51. The summed E-state index contributed by atoms with van der Waals surface area (Å²) in [7, 11) is 0. The Hall–Kier alpha value is -0.830. The normalized spacial score (nSPS) is 15.9. The first kappa shape index (κ1) is 9.40. The lowest BCUT2D eigenvalue weighted by Gasteiger charge is -2.18. The van der Waals surface area contributed by atoms with Crippen LogP contribution in [0.4, 0.5) is 0 Å². The van der Waals surface area contributed by atoms with Crippen LogP contribution in [0.15, 0.2) is 48.5 Å². The Kier molecular flexibility index (Phi) is 1.93. The van der Waals surface area contributed by atoms with Crippen LogP contribution in [0, 0.1) is 0 Å². The highest BCUT2D eigenvalue weighted by molar-refractivity contribution is 14.1. The summed E-state index contributed by atoms with van der Waals surface area (Å²) in [5.74, 6) is 0. The van der Waals surface area contributed by atoms with Crippen molar-refractivity contribution < 1.29 is 0 Å². The third kappa shape index (κ3) is 1.19. The van der Waals surface area contributed by atoms with Crippen molar-refractivity contribution in [2.75, 3.05) is 0 Å². The van der Waals surface area contributed by atoms with E-state index in [2.05, 4.69) is 78.0 Å². The maximum absolute atomic E-state index is 2.55. The van der Waals surface area contributed by atoms with Gasteiger partial charge in [-0.2, -0.15) is 0 Å². The van der Waals surface area contributed by atoms with Gasteiger partial charge in [-0.1, -0.05) is 71.1 Å². The lowest BCUT2D eigenvalue weighted by Crippen LogP contribution is -2.09. The molecule has 0 saturated carbocycles. The van der Waals surface area contributed by atoms with Crippen molar-refractivity contribution in [3.63, 3.8) is 0 Å². The summed E-state index contributed by atoms with van der Waals surface area (Å²) in [6.45, 7) is 2.29. The predicted octanol–water partition coefficient (Wildman–Crippen LogP) is 4.37. The number of fused-ring (bicyclic) bond motifs is 3. The van der Waals surface area contributed by atoms with Crippen molar-refractivity contribution in [3.8, 4) is 11.1 Å². The van der Waals surface area contributed by atoms with E-state index < -0.39 is 0 Å². The number of rotatable bonds is 0. The van der Waals surface area contributed by atoms with E-state index in [1.54, 1.807) is 0 Å². The highest BCUT2D eigenvalue weighted by Gasteiger charge is 2.36. The van der Waals surface area contributed by atoms with Gasteiger partial charge >= 0.3 is 0 Å². The maximum Gasteiger partial charge on any atom is 0.0702 e. The molecule has 3 rings (SSSR count). The molecule has 0 atom stereocenters. The van der Waals surface area contributed by atoms with Crippen molar-refractivity contribution in [1.29, 1.82) is 0 Å². The van der Waals surface area contributed by atoms with Gasteiger partial charge in [0.1, 0.15) is 0 Å². The molecule has 1 aliphatic rings. The van der Waals surface area contributed by atoms with Crippen LogP contribution in [0.25, 0.3) is 11.1 Å². The molecule has 0 saturated heterocycles. The molecule has 1 heteroatoms. The number of hydrogen-bond donors (Lipinski definition) is 0. The monoisotopic (exact) mass is 306 g/mol. The molecule has 15 heavy (non-hydrogen) atoms. The molecule has 74 valence electrons. The molecule has 0 bridgehead atoms. The number of alkyl halides is 1. The lowest BCUT2D eigenvalue weighted by molar-refractivity contribution is 0.915. The highest BCUT2D eigenvalue weighted by atomic mass is 127. The molecule has 0 radical (unpaired) electrons. The second-order valence-electron chi connectivity index (χ2n) is 4.09. The van der Waals surface area contributed by atoms with Crippen LogP contribution in [0.5, 0.6) is 0 Å². The molecule has 2 aromatic carbocycles. The quantitative estimate of drug-likeness (QED) is 0.501. The minimum Gasteiger partial charge on any atom is -0.0686 e. The van der Waals surface area contributed by atoms with Crippen molar-refractivity contribution in [3.05, 3.63) is 59.7 Å². The minimum absolute atomic E-state index is 0.130. The zero-order valence-corrected chi connectivity index (χ0v) is 10.7. The van der Waals surface area contributed by atoms with Crippen molar-refractivity contribution in [2.24, 2.45) is 0 Å². The van der Waals surface area contributed by atoms with E-state index in [1.165, 1.54) is 22.3 Å². The van der Waals surface area contributed by atoms with Gasteiger partial charge in [-0.25, -0.2) is 0 Å². The van der Waals surface area contributed by atoms with Crippen LogP contribution in [0.1, 0.15) is 18.1 Å². The van der Waals surface area contributed by atoms with Gasteiger partial charge < -0.3 is 0 Å². The van der Waals surface area contributed by atoms with E-state index in [0.29, 0.717) is 0 Å². The van der Waals surface area contributed by atoms with Gasteiger partial charge in [-0.3, -0.25) is 0 Å². The Morgan fingerprint density at radius 1 is 0.800 bits per heavy atom. The fourth-order valence-corrected chi connectivity index (χ4v) is 3.34.